The van der Waals surface area contributed by atoms with Crippen LogP contribution in [0.5, 0.6) is 0 Å². The molecule has 0 aliphatic carbocycles. The summed E-state index contributed by atoms with van der Waals surface area (Å²) in [5.41, 5.74) is 6.42. The molecule has 4 aromatic rings. The van der Waals surface area contributed by atoms with E-state index in [1.807, 2.05) is 48.5 Å². The van der Waals surface area contributed by atoms with E-state index in [1.165, 1.54) is 11.1 Å². The Morgan fingerprint density at radius 2 is 1.59 bits per heavy atom. The highest BCUT2D eigenvalue weighted by atomic mass is 32.1. The third kappa shape index (κ3) is 4.37. The largest absolute Gasteiger partial charge is 0.351 e. The van der Waals surface area contributed by atoms with Gasteiger partial charge in [0.05, 0.1) is 11.6 Å². The third-order valence-corrected chi connectivity index (χ3v) is 6.53. The van der Waals surface area contributed by atoms with E-state index in [0.717, 1.165) is 28.8 Å². The van der Waals surface area contributed by atoms with Crippen molar-refractivity contribution < 1.29 is 4.52 Å². The zero-order chi connectivity index (χ0) is 23.5. The fourth-order valence-corrected chi connectivity index (χ4v) is 4.57. The van der Waals surface area contributed by atoms with Gasteiger partial charge in [0.25, 0.3) is 5.89 Å². The minimum Gasteiger partial charge on any atom is -0.351 e. The van der Waals surface area contributed by atoms with E-state index < -0.39 is 0 Å². The molecule has 1 aliphatic rings. The molecule has 0 saturated carbocycles. The van der Waals surface area contributed by atoms with Crippen molar-refractivity contribution >= 4 is 22.9 Å². The van der Waals surface area contributed by atoms with Gasteiger partial charge in [0, 0.05) is 17.8 Å². The Bertz CT molecular complexity index is 1310. The minimum absolute atomic E-state index is 0.186. The molecule has 1 unspecified atom stereocenters. The van der Waals surface area contributed by atoms with Gasteiger partial charge in [-0.1, -0.05) is 97.0 Å². The first-order valence-corrected chi connectivity index (χ1v) is 11.9. The van der Waals surface area contributed by atoms with Gasteiger partial charge in [-0.15, -0.1) is 0 Å². The van der Waals surface area contributed by atoms with Crippen LogP contribution in [0.3, 0.4) is 0 Å². The highest BCUT2D eigenvalue weighted by Crippen LogP contribution is 2.38. The molecule has 1 aromatic heterocycles. The lowest BCUT2D eigenvalue weighted by atomic mass is 9.93. The van der Waals surface area contributed by atoms with Gasteiger partial charge in [0.15, 0.2) is 5.11 Å². The number of benzene rings is 3. The molecule has 0 saturated heterocycles. The molecule has 0 spiro atoms. The van der Waals surface area contributed by atoms with Crippen molar-refractivity contribution in [2.75, 3.05) is 0 Å². The van der Waals surface area contributed by atoms with Gasteiger partial charge in [-0.2, -0.15) is 4.98 Å². The molecule has 1 N–H and O–H groups in total. The molecule has 5 rings (SSSR count). The number of nitrogens with zero attached hydrogens (tertiary/aromatic N) is 3. The highest BCUT2D eigenvalue weighted by Gasteiger charge is 2.34. The molecule has 1 atom stereocenters. The molecular weight excluding hydrogens is 440 g/mol. The number of aromatic nitrogens is 2. The van der Waals surface area contributed by atoms with Crippen LogP contribution in [-0.2, 0) is 13.0 Å². The average molecular weight is 467 g/mol. The number of nitrogens with one attached hydrogen (secondary N) is 1. The number of hydrogen-bond acceptors (Lipinski definition) is 4. The predicted molar refractivity (Wildman–Crippen MR) is 139 cm³/mol. The zero-order valence-electron chi connectivity index (χ0n) is 19.2. The Kier molecular flexibility index (Phi) is 6.23. The Morgan fingerprint density at radius 1 is 0.912 bits per heavy atom. The standard InChI is InChI=1S/C28H26N4OS/c1-3-20-14-16-22(17-15-20)25-24(27-30-26(31-33-27)23-12-8-5-9-13-23)19(2)32(28(34)29-25)18-21-10-6-4-7-11-21/h4-17,25H,3,18H2,1-2H3,(H,29,34). The second-order valence-electron chi connectivity index (χ2n) is 8.34. The quantitative estimate of drug-likeness (QED) is 0.343. The van der Waals surface area contributed by atoms with Gasteiger partial charge >= 0.3 is 0 Å². The molecule has 2 heterocycles. The minimum atomic E-state index is -0.186. The van der Waals surface area contributed by atoms with Crippen molar-refractivity contribution in [3.8, 4) is 11.4 Å². The molecule has 34 heavy (non-hydrogen) atoms. The second-order valence-corrected chi connectivity index (χ2v) is 8.72. The van der Waals surface area contributed by atoms with Gasteiger partial charge in [0.2, 0.25) is 5.82 Å². The number of thiocarbonyl (C=S) groups is 1. The SMILES string of the molecule is CCc1ccc(C2NC(=S)N(Cc3ccccc3)C(C)=C2c2nc(-c3ccccc3)no2)cc1. The number of rotatable bonds is 6. The van der Waals surface area contributed by atoms with Gasteiger partial charge in [0.1, 0.15) is 0 Å². The van der Waals surface area contributed by atoms with E-state index in [2.05, 4.69) is 65.6 Å². The molecule has 170 valence electrons. The summed E-state index contributed by atoms with van der Waals surface area (Å²) in [6.45, 7) is 4.89. The smallest absolute Gasteiger partial charge is 0.258 e. The molecule has 0 bridgehead atoms. The van der Waals surface area contributed by atoms with Gasteiger partial charge in [-0.3, -0.25) is 0 Å². The number of hydrogen-bond donors (Lipinski definition) is 1. The summed E-state index contributed by atoms with van der Waals surface area (Å²) < 4.78 is 5.83. The summed E-state index contributed by atoms with van der Waals surface area (Å²) in [6.07, 6.45) is 0.994. The van der Waals surface area contributed by atoms with Crippen LogP contribution in [0.4, 0.5) is 0 Å². The maximum absolute atomic E-state index is 5.83. The number of allylic oxidation sites excluding steroid dienone is 1. The van der Waals surface area contributed by atoms with Crippen LogP contribution < -0.4 is 5.32 Å². The van der Waals surface area contributed by atoms with E-state index in [1.54, 1.807) is 0 Å². The van der Waals surface area contributed by atoms with E-state index in [4.69, 9.17) is 21.7 Å². The fraction of sp³-hybridized carbons (Fsp3) is 0.179. The highest BCUT2D eigenvalue weighted by molar-refractivity contribution is 7.80. The maximum atomic E-state index is 5.83. The normalized spacial score (nSPS) is 16.0. The Hall–Kier alpha value is -3.77. The van der Waals surface area contributed by atoms with Gasteiger partial charge in [-0.25, -0.2) is 0 Å². The molecule has 0 radical (unpaired) electrons. The Morgan fingerprint density at radius 3 is 2.26 bits per heavy atom. The first-order chi connectivity index (χ1) is 16.6. The lowest BCUT2D eigenvalue weighted by Gasteiger charge is -2.37. The molecule has 5 nitrogen and oxygen atoms in total. The second kappa shape index (κ2) is 9.61. The lowest BCUT2D eigenvalue weighted by molar-refractivity contribution is 0.396. The van der Waals surface area contributed by atoms with Crippen molar-refractivity contribution in [1.29, 1.82) is 0 Å². The topological polar surface area (TPSA) is 54.2 Å². The van der Waals surface area contributed by atoms with Crippen molar-refractivity contribution in [1.82, 2.24) is 20.4 Å². The van der Waals surface area contributed by atoms with E-state index in [-0.39, 0.29) is 6.04 Å². The third-order valence-electron chi connectivity index (χ3n) is 6.19. The summed E-state index contributed by atoms with van der Waals surface area (Å²) in [4.78, 5) is 6.89. The molecule has 0 amide bonds. The number of aryl methyl sites for hydroxylation is 1. The molecule has 0 fully saturated rings. The van der Waals surface area contributed by atoms with Crippen LogP contribution in [0.2, 0.25) is 0 Å². The van der Waals surface area contributed by atoms with Crippen LogP contribution in [-0.4, -0.2) is 20.2 Å². The van der Waals surface area contributed by atoms with Crippen molar-refractivity contribution in [2.24, 2.45) is 0 Å². The summed E-state index contributed by atoms with van der Waals surface area (Å²) in [5, 5.41) is 8.50. The monoisotopic (exact) mass is 466 g/mol. The van der Waals surface area contributed by atoms with E-state index in [9.17, 15) is 0 Å². The van der Waals surface area contributed by atoms with E-state index in [0.29, 0.717) is 23.4 Å². The first-order valence-electron chi connectivity index (χ1n) is 11.4. The van der Waals surface area contributed by atoms with Crippen LogP contribution >= 0.6 is 12.2 Å². The van der Waals surface area contributed by atoms with Crippen molar-refractivity contribution in [3.05, 3.63) is 113 Å². The maximum Gasteiger partial charge on any atom is 0.258 e. The molecule has 1 aliphatic heterocycles. The van der Waals surface area contributed by atoms with E-state index >= 15 is 0 Å². The molecular formula is C28H26N4OS. The summed E-state index contributed by atoms with van der Waals surface area (Å²) in [5.74, 6) is 1.06. The first kappa shape index (κ1) is 22.0. The summed E-state index contributed by atoms with van der Waals surface area (Å²) in [6, 6.07) is 28.6. The summed E-state index contributed by atoms with van der Waals surface area (Å²) in [7, 11) is 0. The Labute approximate surface area is 205 Å². The zero-order valence-corrected chi connectivity index (χ0v) is 20.0. The summed E-state index contributed by atoms with van der Waals surface area (Å²) >= 11 is 5.83. The molecule has 3 aromatic carbocycles. The van der Waals surface area contributed by atoms with Crippen LogP contribution in [0.15, 0.2) is 95.1 Å². The fourth-order valence-electron chi connectivity index (χ4n) is 4.25. The van der Waals surface area contributed by atoms with Gasteiger partial charge < -0.3 is 14.7 Å². The van der Waals surface area contributed by atoms with Crippen molar-refractivity contribution in [2.45, 2.75) is 32.9 Å². The average Bonchev–Trinajstić information content (AvgIpc) is 3.37. The molecule has 6 heteroatoms. The predicted octanol–water partition coefficient (Wildman–Crippen LogP) is 6.16. The van der Waals surface area contributed by atoms with Crippen LogP contribution in [0.25, 0.3) is 17.0 Å². The lowest BCUT2D eigenvalue weighted by Crippen LogP contribution is -2.45. The van der Waals surface area contributed by atoms with Crippen molar-refractivity contribution in [3.63, 3.8) is 0 Å². The Balaban J connectivity index is 1.59. The van der Waals surface area contributed by atoms with Crippen LogP contribution in [0.1, 0.15) is 42.5 Å². The van der Waals surface area contributed by atoms with Gasteiger partial charge in [-0.05, 0) is 42.3 Å². The van der Waals surface area contributed by atoms with Crippen LogP contribution in [0, 0.1) is 0 Å².